The molecule has 2 heterocycles. The molecule has 0 aliphatic carbocycles. The number of nitrogen functional groups attached to an aromatic ring is 1. The summed E-state index contributed by atoms with van der Waals surface area (Å²) in [5.74, 6) is 0.175. The third-order valence-electron chi connectivity index (χ3n) is 3.06. The SMILES string of the molecule is NC(=O)c1ccc(N)c(NCC2CCS(=O)(=O)C2)n1. The molecule has 0 bridgehead atoms. The minimum Gasteiger partial charge on any atom is -0.396 e. The summed E-state index contributed by atoms with van der Waals surface area (Å²) in [5, 5.41) is 2.98. The summed E-state index contributed by atoms with van der Waals surface area (Å²) >= 11 is 0. The molecule has 2 rings (SSSR count). The second-order valence-electron chi connectivity index (χ2n) is 4.65. The van der Waals surface area contributed by atoms with Gasteiger partial charge in [0.1, 0.15) is 11.5 Å². The fraction of sp³-hybridized carbons (Fsp3) is 0.455. The Bertz CT molecular complexity index is 600. The first-order chi connectivity index (χ1) is 8.87. The van der Waals surface area contributed by atoms with E-state index in [4.69, 9.17) is 11.5 Å². The first-order valence-electron chi connectivity index (χ1n) is 5.88. The number of anilines is 2. The lowest BCUT2D eigenvalue weighted by Gasteiger charge is -2.12. The van der Waals surface area contributed by atoms with Gasteiger partial charge >= 0.3 is 0 Å². The maximum atomic E-state index is 11.3. The number of primary amides is 1. The number of hydrogen-bond donors (Lipinski definition) is 3. The molecule has 1 fully saturated rings. The van der Waals surface area contributed by atoms with Gasteiger partial charge in [-0.3, -0.25) is 4.79 Å². The van der Waals surface area contributed by atoms with E-state index in [2.05, 4.69) is 10.3 Å². The molecule has 0 radical (unpaired) electrons. The molecular formula is C11H16N4O3S. The second-order valence-corrected chi connectivity index (χ2v) is 6.88. The predicted molar refractivity (Wildman–Crippen MR) is 72.4 cm³/mol. The number of sulfone groups is 1. The molecule has 1 aliphatic heterocycles. The van der Waals surface area contributed by atoms with Gasteiger partial charge in [0.05, 0.1) is 17.2 Å². The first-order valence-corrected chi connectivity index (χ1v) is 7.70. The van der Waals surface area contributed by atoms with Crippen LogP contribution in [-0.4, -0.2) is 37.4 Å². The van der Waals surface area contributed by atoms with Gasteiger partial charge in [0.2, 0.25) is 0 Å². The summed E-state index contributed by atoms with van der Waals surface area (Å²) in [5.41, 5.74) is 11.4. The summed E-state index contributed by atoms with van der Waals surface area (Å²) in [6.45, 7) is 0.457. The van der Waals surface area contributed by atoms with E-state index in [0.717, 1.165) is 0 Å². The van der Waals surface area contributed by atoms with Crippen LogP contribution in [-0.2, 0) is 9.84 Å². The lowest BCUT2D eigenvalue weighted by atomic mass is 10.1. The molecule has 7 nitrogen and oxygen atoms in total. The second kappa shape index (κ2) is 5.04. The molecule has 0 saturated carbocycles. The average Bonchev–Trinajstić information content (AvgIpc) is 2.67. The van der Waals surface area contributed by atoms with E-state index < -0.39 is 15.7 Å². The van der Waals surface area contributed by atoms with Gasteiger partial charge in [-0.2, -0.15) is 0 Å². The van der Waals surface area contributed by atoms with Crippen LogP contribution in [0, 0.1) is 5.92 Å². The number of rotatable bonds is 4. The van der Waals surface area contributed by atoms with Gasteiger partial charge in [-0.05, 0) is 24.5 Å². The lowest BCUT2D eigenvalue weighted by molar-refractivity contribution is 0.0995. The van der Waals surface area contributed by atoms with Gasteiger partial charge in [-0.1, -0.05) is 0 Å². The molecule has 1 aromatic heterocycles. The largest absolute Gasteiger partial charge is 0.396 e. The molecular weight excluding hydrogens is 268 g/mol. The minimum atomic E-state index is -2.90. The van der Waals surface area contributed by atoms with Crippen molar-refractivity contribution in [2.75, 3.05) is 29.1 Å². The van der Waals surface area contributed by atoms with Crippen LogP contribution in [0.4, 0.5) is 11.5 Å². The number of hydrogen-bond acceptors (Lipinski definition) is 6. The fourth-order valence-corrected chi connectivity index (χ4v) is 3.88. The van der Waals surface area contributed by atoms with Crippen molar-refractivity contribution in [1.82, 2.24) is 4.98 Å². The molecule has 1 aliphatic rings. The van der Waals surface area contributed by atoms with Crippen molar-refractivity contribution in [2.45, 2.75) is 6.42 Å². The van der Waals surface area contributed by atoms with Gasteiger partial charge in [-0.15, -0.1) is 0 Å². The number of nitrogens with one attached hydrogen (secondary N) is 1. The predicted octanol–water partition coefficient (Wildman–Crippen LogP) is -0.391. The highest BCUT2D eigenvalue weighted by Gasteiger charge is 2.27. The standard InChI is InChI=1S/C11H16N4O3S/c12-8-1-2-9(10(13)16)15-11(8)14-5-7-3-4-19(17,18)6-7/h1-2,7H,3-6,12H2,(H2,13,16)(H,14,15). The molecule has 0 spiro atoms. The van der Waals surface area contributed by atoms with Gasteiger partial charge in [0, 0.05) is 6.54 Å². The van der Waals surface area contributed by atoms with E-state index in [0.29, 0.717) is 24.5 Å². The van der Waals surface area contributed by atoms with Crippen molar-refractivity contribution in [3.8, 4) is 0 Å². The smallest absolute Gasteiger partial charge is 0.267 e. The van der Waals surface area contributed by atoms with Gasteiger partial charge in [0.15, 0.2) is 9.84 Å². The molecule has 5 N–H and O–H groups in total. The number of nitrogens with zero attached hydrogens (tertiary/aromatic N) is 1. The van der Waals surface area contributed by atoms with Crippen molar-refractivity contribution in [1.29, 1.82) is 0 Å². The maximum absolute atomic E-state index is 11.3. The first kappa shape index (κ1) is 13.6. The highest BCUT2D eigenvalue weighted by molar-refractivity contribution is 7.91. The Labute approximate surface area is 111 Å². The van der Waals surface area contributed by atoms with Crippen molar-refractivity contribution in [2.24, 2.45) is 11.7 Å². The Hall–Kier alpha value is -1.83. The number of carbonyl (C=O) groups is 1. The Kier molecular flexibility index (Phi) is 3.61. The third-order valence-corrected chi connectivity index (χ3v) is 4.90. The number of carbonyl (C=O) groups excluding carboxylic acids is 1. The van der Waals surface area contributed by atoms with E-state index >= 15 is 0 Å². The monoisotopic (exact) mass is 284 g/mol. The van der Waals surface area contributed by atoms with Crippen LogP contribution < -0.4 is 16.8 Å². The normalized spacial score (nSPS) is 21.2. The van der Waals surface area contributed by atoms with E-state index in [1.807, 2.05) is 0 Å². The highest BCUT2D eigenvalue weighted by Crippen LogP contribution is 2.21. The van der Waals surface area contributed by atoms with E-state index in [-0.39, 0.29) is 23.1 Å². The van der Waals surface area contributed by atoms with Crippen LogP contribution in [0.1, 0.15) is 16.9 Å². The average molecular weight is 284 g/mol. The third kappa shape index (κ3) is 3.34. The molecule has 1 unspecified atom stereocenters. The fourth-order valence-electron chi connectivity index (χ4n) is 2.02. The van der Waals surface area contributed by atoms with E-state index in [1.54, 1.807) is 6.07 Å². The Balaban J connectivity index is 2.03. The molecule has 1 aromatic rings. The summed E-state index contributed by atoms with van der Waals surface area (Å²) in [6, 6.07) is 2.99. The summed E-state index contributed by atoms with van der Waals surface area (Å²) in [6.07, 6.45) is 0.630. The van der Waals surface area contributed by atoms with Crippen LogP contribution >= 0.6 is 0 Å². The van der Waals surface area contributed by atoms with E-state index in [1.165, 1.54) is 6.07 Å². The molecule has 1 amide bonds. The number of pyridine rings is 1. The minimum absolute atomic E-state index is 0.0448. The van der Waals surface area contributed by atoms with Crippen molar-refractivity contribution >= 4 is 27.2 Å². The Morgan fingerprint density at radius 2 is 2.21 bits per heavy atom. The quantitative estimate of drug-likeness (QED) is 0.690. The Morgan fingerprint density at radius 1 is 1.47 bits per heavy atom. The number of amides is 1. The number of nitrogens with two attached hydrogens (primary N) is 2. The van der Waals surface area contributed by atoms with Gasteiger partial charge in [0.25, 0.3) is 5.91 Å². The highest BCUT2D eigenvalue weighted by atomic mass is 32.2. The number of aromatic nitrogens is 1. The van der Waals surface area contributed by atoms with Crippen molar-refractivity contribution in [3.05, 3.63) is 17.8 Å². The summed E-state index contributed by atoms with van der Waals surface area (Å²) in [4.78, 5) is 15.0. The zero-order valence-corrected chi connectivity index (χ0v) is 11.1. The van der Waals surface area contributed by atoms with Crippen LogP contribution in [0.3, 0.4) is 0 Å². The molecule has 8 heteroatoms. The van der Waals surface area contributed by atoms with Crippen LogP contribution in [0.15, 0.2) is 12.1 Å². The van der Waals surface area contributed by atoms with Crippen molar-refractivity contribution in [3.63, 3.8) is 0 Å². The zero-order valence-electron chi connectivity index (χ0n) is 10.3. The van der Waals surface area contributed by atoms with Gasteiger partial charge in [-0.25, -0.2) is 13.4 Å². The zero-order chi connectivity index (χ0) is 14.0. The molecule has 104 valence electrons. The van der Waals surface area contributed by atoms with Crippen LogP contribution in [0.25, 0.3) is 0 Å². The lowest BCUT2D eigenvalue weighted by Crippen LogP contribution is -2.19. The van der Waals surface area contributed by atoms with Crippen molar-refractivity contribution < 1.29 is 13.2 Å². The molecule has 1 atom stereocenters. The van der Waals surface area contributed by atoms with Gasteiger partial charge < -0.3 is 16.8 Å². The van der Waals surface area contributed by atoms with E-state index in [9.17, 15) is 13.2 Å². The molecule has 1 saturated heterocycles. The van der Waals surface area contributed by atoms with Crippen LogP contribution in [0.5, 0.6) is 0 Å². The maximum Gasteiger partial charge on any atom is 0.267 e. The molecule has 0 aromatic carbocycles. The Morgan fingerprint density at radius 3 is 2.79 bits per heavy atom. The summed E-state index contributed by atoms with van der Waals surface area (Å²) in [7, 11) is -2.90. The molecule has 19 heavy (non-hydrogen) atoms. The van der Waals surface area contributed by atoms with Crippen LogP contribution in [0.2, 0.25) is 0 Å². The topological polar surface area (TPSA) is 128 Å². The summed E-state index contributed by atoms with van der Waals surface area (Å²) < 4.78 is 22.7.